The van der Waals surface area contributed by atoms with Crippen molar-refractivity contribution in [1.82, 2.24) is 9.97 Å². The van der Waals surface area contributed by atoms with E-state index < -0.39 is 0 Å². The Morgan fingerprint density at radius 1 is 1.24 bits per heavy atom. The molecule has 3 nitrogen and oxygen atoms in total. The van der Waals surface area contributed by atoms with Crippen LogP contribution in [0.3, 0.4) is 0 Å². The van der Waals surface area contributed by atoms with Gasteiger partial charge in [-0.2, -0.15) is 0 Å². The summed E-state index contributed by atoms with van der Waals surface area (Å²) in [7, 11) is 0. The summed E-state index contributed by atoms with van der Waals surface area (Å²) in [5, 5.41) is 0. The van der Waals surface area contributed by atoms with Gasteiger partial charge in [0.1, 0.15) is 11.6 Å². The van der Waals surface area contributed by atoms with Crippen molar-refractivity contribution in [2.24, 2.45) is 5.92 Å². The smallest absolute Gasteiger partial charge is 0.131 e. The number of hydrogen-bond acceptors (Lipinski definition) is 3. The van der Waals surface area contributed by atoms with Gasteiger partial charge in [0.2, 0.25) is 0 Å². The molecule has 0 fully saturated rings. The molecule has 0 bridgehead atoms. The molecule has 3 heteroatoms. The Morgan fingerprint density at radius 2 is 2.05 bits per heavy atom. The molecule has 1 aromatic heterocycles. The minimum atomic E-state index is 0.368. The molecule has 0 spiro atoms. The lowest BCUT2D eigenvalue weighted by molar-refractivity contribution is 0.220. The second-order valence-electron chi connectivity index (χ2n) is 6.21. The Balaban J connectivity index is 1.76. The number of hydrogen-bond donors (Lipinski definition) is 0. The van der Waals surface area contributed by atoms with Crippen LogP contribution < -0.4 is 4.74 Å². The molecular formula is C18H22N2O. The van der Waals surface area contributed by atoms with Gasteiger partial charge in [0, 0.05) is 23.2 Å². The van der Waals surface area contributed by atoms with Crippen molar-refractivity contribution in [3.63, 3.8) is 0 Å². The van der Waals surface area contributed by atoms with Crippen LogP contribution in [0.2, 0.25) is 0 Å². The van der Waals surface area contributed by atoms with Crippen molar-refractivity contribution < 1.29 is 4.74 Å². The second kappa shape index (κ2) is 5.84. The Kier molecular flexibility index (Phi) is 3.91. The molecule has 0 radical (unpaired) electrons. The van der Waals surface area contributed by atoms with Crippen LogP contribution in [0.5, 0.6) is 5.75 Å². The lowest BCUT2D eigenvalue weighted by Crippen LogP contribution is -2.23. The number of nitrogens with zero attached hydrogens (tertiary/aromatic N) is 2. The third-order valence-electron chi connectivity index (χ3n) is 3.89. The van der Waals surface area contributed by atoms with Crippen LogP contribution in [0.25, 0.3) is 0 Å². The molecule has 110 valence electrons. The highest BCUT2D eigenvalue weighted by Crippen LogP contribution is 2.28. The van der Waals surface area contributed by atoms with Crippen molar-refractivity contribution in [3.8, 4) is 5.75 Å². The molecular weight excluding hydrogens is 260 g/mol. The van der Waals surface area contributed by atoms with E-state index in [1.807, 2.05) is 13.0 Å². The molecule has 1 aromatic carbocycles. The van der Waals surface area contributed by atoms with Crippen molar-refractivity contribution in [2.45, 2.75) is 39.5 Å². The highest BCUT2D eigenvalue weighted by Gasteiger charge is 2.20. The van der Waals surface area contributed by atoms with Crippen molar-refractivity contribution in [3.05, 3.63) is 53.1 Å². The summed E-state index contributed by atoms with van der Waals surface area (Å²) in [6.07, 6.45) is 2.02. The lowest BCUT2D eigenvalue weighted by Gasteiger charge is -2.25. The minimum Gasteiger partial charge on any atom is -0.493 e. The summed E-state index contributed by atoms with van der Waals surface area (Å²) in [6.45, 7) is 7.10. The molecule has 2 aromatic rings. The number of para-hydroxylation sites is 1. The molecule has 1 aliphatic rings. The third-order valence-corrected chi connectivity index (χ3v) is 3.89. The summed E-state index contributed by atoms with van der Waals surface area (Å²) in [5.41, 5.74) is 3.50. The third kappa shape index (κ3) is 3.23. The van der Waals surface area contributed by atoms with Crippen LogP contribution >= 0.6 is 0 Å². The molecule has 21 heavy (non-hydrogen) atoms. The van der Waals surface area contributed by atoms with Crippen molar-refractivity contribution in [1.29, 1.82) is 0 Å². The van der Waals surface area contributed by atoms with Crippen LogP contribution in [0.15, 0.2) is 30.3 Å². The van der Waals surface area contributed by atoms with Gasteiger partial charge in [-0.1, -0.05) is 32.0 Å². The van der Waals surface area contributed by atoms with E-state index in [-0.39, 0.29) is 0 Å². The minimum absolute atomic E-state index is 0.368. The van der Waals surface area contributed by atoms with Crippen LogP contribution in [-0.2, 0) is 12.8 Å². The zero-order valence-electron chi connectivity index (χ0n) is 13.0. The monoisotopic (exact) mass is 282 g/mol. The van der Waals surface area contributed by atoms with Gasteiger partial charge < -0.3 is 4.74 Å². The predicted octanol–water partition coefficient (Wildman–Crippen LogP) is 3.70. The molecule has 0 amide bonds. The van der Waals surface area contributed by atoms with Crippen LogP contribution in [0.1, 0.15) is 42.5 Å². The first-order chi connectivity index (χ1) is 10.1. The first-order valence-corrected chi connectivity index (χ1v) is 7.67. The van der Waals surface area contributed by atoms with Gasteiger partial charge >= 0.3 is 0 Å². The van der Waals surface area contributed by atoms with Gasteiger partial charge in [-0.15, -0.1) is 0 Å². The largest absolute Gasteiger partial charge is 0.493 e. The zero-order valence-corrected chi connectivity index (χ0v) is 13.0. The first kappa shape index (κ1) is 14.1. The standard InChI is InChI=1S/C18H22N2O/c1-12(2)18-19-13(3)8-16(20-18)10-14-9-15-6-4-5-7-17(15)21-11-14/h4-8,12,14H,9-11H2,1-3H3/t14-/m0/s1. The van der Waals surface area contributed by atoms with Gasteiger partial charge in [0.05, 0.1) is 6.61 Å². The van der Waals surface area contributed by atoms with Gasteiger partial charge in [0.15, 0.2) is 0 Å². The van der Waals surface area contributed by atoms with Crippen LogP contribution in [-0.4, -0.2) is 16.6 Å². The zero-order chi connectivity index (χ0) is 14.8. The Hall–Kier alpha value is -1.90. The predicted molar refractivity (Wildman–Crippen MR) is 83.7 cm³/mol. The van der Waals surface area contributed by atoms with Gasteiger partial charge in [-0.3, -0.25) is 0 Å². The van der Waals surface area contributed by atoms with E-state index in [4.69, 9.17) is 9.72 Å². The number of aromatic nitrogens is 2. The lowest BCUT2D eigenvalue weighted by atomic mass is 9.92. The maximum Gasteiger partial charge on any atom is 0.131 e. The molecule has 0 N–H and O–H groups in total. The summed E-state index contributed by atoms with van der Waals surface area (Å²) >= 11 is 0. The van der Waals surface area contributed by atoms with E-state index in [0.29, 0.717) is 11.8 Å². The van der Waals surface area contributed by atoms with Crippen molar-refractivity contribution >= 4 is 0 Å². The number of benzene rings is 1. The molecule has 2 heterocycles. The van der Waals surface area contributed by atoms with Crippen molar-refractivity contribution in [2.75, 3.05) is 6.61 Å². The number of ether oxygens (including phenoxy) is 1. The van der Waals surface area contributed by atoms with Crippen LogP contribution in [0, 0.1) is 12.8 Å². The van der Waals surface area contributed by atoms with Gasteiger partial charge in [0.25, 0.3) is 0 Å². The van der Waals surface area contributed by atoms with Crippen LogP contribution in [0.4, 0.5) is 0 Å². The Bertz CT molecular complexity index is 637. The number of rotatable bonds is 3. The Morgan fingerprint density at radius 3 is 2.86 bits per heavy atom. The molecule has 0 aliphatic carbocycles. The maximum atomic E-state index is 5.87. The quantitative estimate of drug-likeness (QED) is 0.861. The van der Waals surface area contributed by atoms with E-state index in [2.05, 4.69) is 43.1 Å². The average Bonchev–Trinajstić information content (AvgIpc) is 2.46. The maximum absolute atomic E-state index is 5.87. The summed E-state index contributed by atoms with van der Waals surface area (Å²) in [6, 6.07) is 10.4. The molecule has 0 saturated heterocycles. The topological polar surface area (TPSA) is 35.0 Å². The molecule has 1 aliphatic heterocycles. The molecule has 0 saturated carbocycles. The number of fused-ring (bicyclic) bond motifs is 1. The molecule has 0 unspecified atom stereocenters. The van der Waals surface area contributed by atoms with E-state index >= 15 is 0 Å². The fourth-order valence-corrected chi connectivity index (χ4v) is 2.84. The summed E-state index contributed by atoms with van der Waals surface area (Å²) < 4.78 is 5.87. The Labute approximate surface area is 126 Å². The second-order valence-corrected chi connectivity index (χ2v) is 6.21. The van der Waals surface area contributed by atoms with E-state index in [1.165, 1.54) is 5.56 Å². The highest BCUT2D eigenvalue weighted by molar-refractivity contribution is 5.35. The SMILES string of the molecule is Cc1cc(C[C@H]2COc3ccccc3C2)nc(C(C)C)n1. The summed E-state index contributed by atoms with van der Waals surface area (Å²) in [5.74, 6) is 2.85. The van der Waals surface area contributed by atoms with E-state index in [1.54, 1.807) is 0 Å². The molecule has 3 rings (SSSR count). The fraction of sp³-hybridized carbons (Fsp3) is 0.444. The molecule has 1 atom stereocenters. The van der Waals surface area contributed by atoms with E-state index in [0.717, 1.165) is 42.4 Å². The van der Waals surface area contributed by atoms with Gasteiger partial charge in [-0.25, -0.2) is 9.97 Å². The number of aryl methyl sites for hydroxylation is 1. The average molecular weight is 282 g/mol. The van der Waals surface area contributed by atoms with Gasteiger partial charge in [-0.05, 0) is 37.5 Å². The fourth-order valence-electron chi connectivity index (χ4n) is 2.84. The normalized spacial score (nSPS) is 17.4. The summed E-state index contributed by atoms with van der Waals surface area (Å²) in [4.78, 5) is 9.24. The highest BCUT2D eigenvalue weighted by atomic mass is 16.5. The van der Waals surface area contributed by atoms with E-state index in [9.17, 15) is 0 Å². The first-order valence-electron chi connectivity index (χ1n) is 7.67.